The van der Waals surface area contributed by atoms with Crippen molar-refractivity contribution in [1.29, 1.82) is 0 Å². The molecule has 19 heavy (non-hydrogen) atoms. The van der Waals surface area contributed by atoms with E-state index in [9.17, 15) is 0 Å². The summed E-state index contributed by atoms with van der Waals surface area (Å²) in [6.45, 7) is 2.74. The zero-order valence-corrected chi connectivity index (χ0v) is 11.4. The number of aromatic nitrogens is 2. The Kier molecular flexibility index (Phi) is 4.41. The van der Waals surface area contributed by atoms with Gasteiger partial charge in [-0.2, -0.15) is 0 Å². The van der Waals surface area contributed by atoms with E-state index < -0.39 is 0 Å². The van der Waals surface area contributed by atoms with Crippen LogP contribution < -0.4 is 14.8 Å². The third-order valence-electron chi connectivity index (χ3n) is 3.02. The second kappa shape index (κ2) is 6.24. The van der Waals surface area contributed by atoms with Crippen molar-refractivity contribution in [1.82, 2.24) is 15.3 Å². The molecule has 0 aliphatic heterocycles. The fourth-order valence-electron chi connectivity index (χ4n) is 1.89. The molecule has 0 fully saturated rings. The summed E-state index contributed by atoms with van der Waals surface area (Å²) < 4.78 is 10.6. The van der Waals surface area contributed by atoms with Gasteiger partial charge in [0.05, 0.1) is 20.3 Å². The average Bonchev–Trinajstić information content (AvgIpc) is 2.98. The number of nitrogens with zero attached hydrogens (tertiary/aromatic N) is 1. The van der Waals surface area contributed by atoms with E-state index in [-0.39, 0.29) is 6.04 Å². The lowest BCUT2D eigenvalue weighted by Crippen LogP contribution is -2.19. The lowest BCUT2D eigenvalue weighted by molar-refractivity contribution is 0.395. The van der Waals surface area contributed by atoms with Gasteiger partial charge in [-0.05, 0) is 25.1 Å². The first kappa shape index (κ1) is 13.4. The summed E-state index contributed by atoms with van der Waals surface area (Å²) in [5, 5.41) is 3.40. The number of nitrogens with one attached hydrogen (secondary N) is 2. The van der Waals surface area contributed by atoms with Crippen LogP contribution in [-0.2, 0) is 6.54 Å². The first-order valence-corrected chi connectivity index (χ1v) is 6.18. The third kappa shape index (κ3) is 3.26. The topological polar surface area (TPSA) is 59.2 Å². The third-order valence-corrected chi connectivity index (χ3v) is 3.02. The van der Waals surface area contributed by atoms with Gasteiger partial charge in [0.15, 0.2) is 0 Å². The van der Waals surface area contributed by atoms with Gasteiger partial charge in [0.1, 0.15) is 17.3 Å². The van der Waals surface area contributed by atoms with Crippen LogP contribution in [0.25, 0.3) is 0 Å². The summed E-state index contributed by atoms with van der Waals surface area (Å²) in [5.74, 6) is 2.59. The Morgan fingerprint density at radius 3 is 2.79 bits per heavy atom. The number of rotatable bonds is 6. The van der Waals surface area contributed by atoms with Crippen LogP contribution in [0.15, 0.2) is 30.6 Å². The van der Waals surface area contributed by atoms with Crippen LogP contribution in [0.2, 0.25) is 0 Å². The minimum atomic E-state index is 0.144. The molecule has 0 amide bonds. The quantitative estimate of drug-likeness (QED) is 0.837. The molecule has 1 heterocycles. The SMILES string of the molecule is COc1ccc(OC)c(CNC(C)c2ncc[nH]2)c1. The van der Waals surface area contributed by atoms with Crippen molar-refractivity contribution >= 4 is 0 Å². The molecule has 0 aliphatic rings. The average molecular weight is 261 g/mol. The summed E-state index contributed by atoms with van der Waals surface area (Å²) in [7, 11) is 3.33. The summed E-state index contributed by atoms with van der Waals surface area (Å²) in [4.78, 5) is 7.33. The largest absolute Gasteiger partial charge is 0.497 e. The van der Waals surface area contributed by atoms with E-state index in [0.29, 0.717) is 6.54 Å². The molecule has 0 spiro atoms. The number of ether oxygens (including phenoxy) is 2. The molecule has 0 radical (unpaired) electrons. The Bertz CT molecular complexity index is 511. The van der Waals surface area contributed by atoms with Gasteiger partial charge in [-0.1, -0.05) is 0 Å². The highest BCUT2D eigenvalue weighted by Gasteiger charge is 2.09. The van der Waals surface area contributed by atoms with Gasteiger partial charge in [0, 0.05) is 24.5 Å². The molecule has 0 aliphatic carbocycles. The summed E-state index contributed by atoms with van der Waals surface area (Å²) in [6.07, 6.45) is 3.57. The van der Waals surface area contributed by atoms with E-state index in [1.54, 1.807) is 20.4 Å². The molecule has 102 valence electrons. The Hall–Kier alpha value is -2.01. The van der Waals surface area contributed by atoms with Crippen molar-refractivity contribution in [3.63, 3.8) is 0 Å². The van der Waals surface area contributed by atoms with Gasteiger partial charge in [0.25, 0.3) is 0 Å². The van der Waals surface area contributed by atoms with Gasteiger partial charge in [-0.3, -0.25) is 0 Å². The van der Waals surface area contributed by atoms with Crippen LogP contribution in [0.5, 0.6) is 11.5 Å². The van der Waals surface area contributed by atoms with Crippen LogP contribution >= 0.6 is 0 Å². The van der Waals surface area contributed by atoms with Crippen molar-refractivity contribution in [2.24, 2.45) is 0 Å². The number of hydrogen-bond donors (Lipinski definition) is 2. The maximum Gasteiger partial charge on any atom is 0.123 e. The zero-order chi connectivity index (χ0) is 13.7. The monoisotopic (exact) mass is 261 g/mol. The standard InChI is InChI=1S/C14H19N3O2/c1-10(14-15-6-7-16-14)17-9-11-8-12(18-2)4-5-13(11)19-3/h4-8,10,17H,9H2,1-3H3,(H,15,16). The first-order valence-electron chi connectivity index (χ1n) is 6.18. The number of methoxy groups -OCH3 is 2. The van der Waals surface area contributed by atoms with Gasteiger partial charge in [-0.15, -0.1) is 0 Å². The van der Waals surface area contributed by atoms with E-state index >= 15 is 0 Å². The Labute approximate surface area is 113 Å². The Balaban J connectivity index is 2.05. The second-order valence-electron chi connectivity index (χ2n) is 4.25. The number of benzene rings is 1. The van der Waals surface area contributed by atoms with E-state index in [2.05, 4.69) is 22.2 Å². The molecule has 5 heteroatoms. The van der Waals surface area contributed by atoms with E-state index in [1.165, 1.54) is 0 Å². The molecule has 5 nitrogen and oxygen atoms in total. The molecule has 1 atom stereocenters. The molecule has 1 unspecified atom stereocenters. The Morgan fingerprint density at radius 2 is 2.16 bits per heavy atom. The summed E-state index contributed by atoms with van der Waals surface area (Å²) >= 11 is 0. The number of hydrogen-bond acceptors (Lipinski definition) is 4. The molecular weight excluding hydrogens is 242 g/mol. The lowest BCUT2D eigenvalue weighted by atomic mass is 10.1. The van der Waals surface area contributed by atoms with Gasteiger partial charge in [0.2, 0.25) is 0 Å². The predicted octanol–water partition coefficient (Wildman–Crippen LogP) is 2.28. The molecule has 2 aromatic rings. The van der Waals surface area contributed by atoms with Crippen molar-refractivity contribution in [3.05, 3.63) is 42.0 Å². The minimum Gasteiger partial charge on any atom is -0.497 e. The van der Waals surface area contributed by atoms with Crippen molar-refractivity contribution in [2.45, 2.75) is 19.5 Å². The number of H-pyrrole nitrogens is 1. The fraction of sp³-hybridized carbons (Fsp3) is 0.357. The van der Waals surface area contributed by atoms with Crippen LogP contribution in [0, 0.1) is 0 Å². The molecule has 1 aromatic heterocycles. The highest BCUT2D eigenvalue weighted by molar-refractivity contribution is 5.40. The molecule has 0 bridgehead atoms. The summed E-state index contributed by atoms with van der Waals surface area (Å²) in [5.41, 5.74) is 1.06. The van der Waals surface area contributed by atoms with Crippen molar-refractivity contribution < 1.29 is 9.47 Å². The zero-order valence-electron chi connectivity index (χ0n) is 11.4. The first-order chi connectivity index (χ1) is 9.24. The van der Waals surface area contributed by atoms with Crippen LogP contribution in [0.3, 0.4) is 0 Å². The summed E-state index contributed by atoms with van der Waals surface area (Å²) in [6, 6.07) is 5.91. The van der Waals surface area contributed by atoms with E-state index in [0.717, 1.165) is 22.9 Å². The maximum absolute atomic E-state index is 5.35. The maximum atomic E-state index is 5.35. The second-order valence-corrected chi connectivity index (χ2v) is 4.25. The number of aromatic amines is 1. The normalized spacial score (nSPS) is 12.2. The van der Waals surface area contributed by atoms with Crippen molar-refractivity contribution in [2.75, 3.05) is 14.2 Å². The van der Waals surface area contributed by atoms with Crippen LogP contribution in [0.4, 0.5) is 0 Å². The Morgan fingerprint density at radius 1 is 1.32 bits per heavy atom. The van der Waals surface area contributed by atoms with E-state index in [1.807, 2.05) is 24.4 Å². The highest BCUT2D eigenvalue weighted by Crippen LogP contribution is 2.24. The predicted molar refractivity (Wildman–Crippen MR) is 73.4 cm³/mol. The smallest absolute Gasteiger partial charge is 0.123 e. The van der Waals surface area contributed by atoms with Gasteiger partial charge in [-0.25, -0.2) is 4.98 Å². The molecular formula is C14H19N3O2. The van der Waals surface area contributed by atoms with E-state index in [4.69, 9.17) is 9.47 Å². The highest BCUT2D eigenvalue weighted by atomic mass is 16.5. The number of imidazole rings is 1. The minimum absolute atomic E-state index is 0.144. The van der Waals surface area contributed by atoms with Gasteiger partial charge >= 0.3 is 0 Å². The molecule has 2 rings (SSSR count). The van der Waals surface area contributed by atoms with Gasteiger partial charge < -0.3 is 19.8 Å². The van der Waals surface area contributed by atoms with Crippen LogP contribution in [0.1, 0.15) is 24.4 Å². The molecule has 0 saturated carbocycles. The fourth-order valence-corrected chi connectivity index (χ4v) is 1.89. The lowest BCUT2D eigenvalue weighted by Gasteiger charge is -2.14. The molecule has 1 aromatic carbocycles. The molecule has 2 N–H and O–H groups in total. The van der Waals surface area contributed by atoms with Crippen LogP contribution in [-0.4, -0.2) is 24.2 Å². The molecule has 0 saturated heterocycles. The van der Waals surface area contributed by atoms with Crippen molar-refractivity contribution in [3.8, 4) is 11.5 Å².